The molecule has 0 radical (unpaired) electrons. The van der Waals surface area contributed by atoms with Gasteiger partial charge in [0.25, 0.3) is 5.92 Å². The van der Waals surface area contributed by atoms with Crippen LogP contribution in [0, 0.1) is 11.3 Å². The van der Waals surface area contributed by atoms with E-state index in [1.54, 1.807) is 0 Å². The van der Waals surface area contributed by atoms with E-state index in [9.17, 15) is 19.1 Å². The minimum Gasteiger partial charge on any atom is -0.393 e. The Morgan fingerprint density at radius 2 is 2.03 bits per heavy atom. The summed E-state index contributed by atoms with van der Waals surface area (Å²) in [5, 5.41) is 25.2. The first-order chi connectivity index (χ1) is 13.9. The molecule has 0 atom stereocenters. The number of pyridine rings is 1. The van der Waals surface area contributed by atoms with Gasteiger partial charge in [-0.25, -0.2) is 13.8 Å². The van der Waals surface area contributed by atoms with Gasteiger partial charge in [0.15, 0.2) is 0 Å². The molecule has 7 nitrogen and oxygen atoms in total. The molecule has 2 aromatic heterocycles. The Bertz CT molecular complexity index is 872. The zero-order valence-corrected chi connectivity index (χ0v) is 16.2. The molecule has 154 valence electrons. The van der Waals surface area contributed by atoms with Crippen molar-refractivity contribution in [3.63, 3.8) is 0 Å². The second kappa shape index (κ2) is 9.09. The fourth-order valence-electron chi connectivity index (χ4n) is 3.40. The molecular formula is C20H24F2N6O. The van der Waals surface area contributed by atoms with Gasteiger partial charge in [0.2, 0.25) is 5.95 Å². The highest BCUT2D eigenvalue weighted by Crippen LogP contribution is 2.29. The SMILES string of the molecule is CC(F)(F)c1cccnc1CCNc1ncc(C#N)c(N[C@H]2CC[C@@H](O)CC2)n1. The number of alkyl halides is 2. The minimum absolute atomic E-state index is 0.0932. The number of aliphatic hydroxyl groups excluding tert-OH is 1. The molecule has 1 aliphatic carbocycles. The lowest BCUT2D eigenvalue weighted by atomic mass is 9.93. The van der Waals surface area contributed by atoms with E-state index >= 15 is 0 Å². The Morgan fingerprint density at radius 3 is 2.72 bits per heavy atom. The van der Waals surface area contributed by atoms with Crippen LogP contribution >= 0.6 is 0 Å². The highest BCUT2D eigenvalue weighted by molar-refractivity contribution is 5.54. The van der Waals surface area contributed by atoms with Crippen LogP contribution in [0.1, 0.15) is 49.4 Å². The number of nitriles is 1. The molecule has 0 spiro atoms. The van der Waals surface area contributed by atoms with Gasteiger partial charge >= 0.3 is 0 Å². The third-order valence-electron chi connectivity index (χ3n) is 4.95. The normalized spacial score (nSPS) is 19.4. The molecule has 1 saturated carbocycles. The molecule has 29 heavy (non-hydrogen) atoms. The maximum atomic E-state index is 13.7. The standard InChI is InChI=1S/C20H24F2N6O/c1-20(21,22)16-3-2-9-24-17(16)8-10-25-19-26-12-13(11-23)18(28-19)27-14-4-6-15(29)7-5-14/h2-3,9,12,14-15,29H,4-8,10H2,1H3,(H2,25,26,27,28)/t14-,15+. The summed E-state index contributed by atoms with van der Waals surface area (Å²) in [4.78, 5) is 12.6. The van der Waals surface area contributed by atoms with Crippen LogP contribution in [-0.2, 0) is 12.3 Å². The summed E-state index contributed by atoms with van der Waals surface area (Å²) >= 11 is 0. The zero-order valence-electron chi connectivity index (χ0n) is 16.2. The number of nitrogens with zero attached hydrogens (tertiary/aromatic N) is 4. The van der Waals surface area contributed by atoms with Crippen molar-refractivity contribution >= 4 is 11.8 Å². The highest BCUT2D eigenvalue weighted by Gasteiger charge is 2.27. The maximum Gasteiger partial charge on any atom is 0.272 e. The van der Waals surface area contributed by atoms with E-state index in [0.29, 0.717) is 42.4 Å². The van der Waals surface area contributed by atoms with Gasteiger partial charge in [0, 0.05) is 37.7 Å². The predicted octanol–water partition coefficient (Wildman–Crippen LogP) is 3.22. The summed E-state index contributed by atoms with van der Waals surface area (Å²) in [6.45, 7) is 1.17. The van der Waals surface area contributed by atoms with Crippen LogP contribution in [0.3, 0.4) is 0 Å². The third kappa shape index (κ3) is 5.57. The number of nitrogens with one attached hydrogen (secondary N) is 2. The van der Waals surface area contributed by atoms with Crippen molar-refractivity contribution in [1.29, 1.82) is 5.26 Å². The first-order valence-electron chi connectivity index (χ1n) is 9.64. The monoisotopic (exact) mass is 402 g/mol. The van der Waals surface area contributed by atoms with Crippen LogP contribution in [0.2, 0.25) is 0 Å². The van der Waals surface area contributed by atoms with E-state index < -0.39 is 5.92 Å². The lowest BCUT2D eigenvalue weighted by molar-refractivity contribution is 0.0161. The van der Waals surface area contributed by atoms with Crippen molar-refractivity contribution in [2.24, 2.45) is 0 Å². The van der Waals surface area contributed by atoms with Crippen molar-refractivity contribution in [2.45, 2.75) is 57.1 Å². The summed E-state index contributed by atoms with van der Waals surface area (Å²) in [6.07, 6.45) is 5.96. The molecule has 1 aliphatic rings. The number of aromatic nitrogens is 3. The lowest BCUT2D eigenvalue weighted by Crippen LogP contribution is -2.29. The number of hydrogen-bond donors (Lipinski definition) is 3. The van der Waals surface area contributed by atoms with E-state index in [2.05, 4.69) is 31.7 Å². The second-order valence-electron chi connectivity index (χ2n) is 7.28. The molecule has 0 saturated heterocycles. The van der Waals surface area contributed by atoms with E-state index in [-0.39, 0.29) is 24.1 Å². The molecule has 0 amide bonds. The summed E-state index contributed by atoms with van der Waals surface area (Å²) in [7, 11) is 0. The molecule has 2 heterocycles. The van der Waals surface area contributed by atoms with Crippen molar-refractivity contribution in [3.8, 4) is 6.07 Å². The van der Waals surface area contributed by atoms with Gasteiger partial charge in [-0.2, -0.15) is 10.2 Å². The van der Waals surface area contributed by atoms with Gasteiger partial charge in [0.05, 0.1) is 18.0 Å². The van der Waals surface area contributed by atoms with E-state index in [1.807, 2.05) is 0 Å². The number of rotatable bonds is 7. The molecule has 3 N–H and O–H groups in total. The Hall–Kier alpha value is -2.86. The minimum atomic E-state index is -2.96. The first-order valence-corrected chi connectivity index (χ1v) is 9.64. The molecule has 2 aromatic rings. The van der Waals surface area contributed by atoms with Gasteiger partial charge < -0.3 is 15.7 Å². The average molecular weight is 402 g/mol. The Balaban J connectivity index is 1.64. The lowest BCUT2D eigenvalue weighted by Gasteiger charge is -2.26. The first kappa shape index (κ1) is 20.9. The number of aliphatic hydroxyl groups is 1. The molecule has 0 aliphatic heterocycles. The fourth-order valence-corrected chi connectivity index (χ4v) is 3.40. The Kier molecular flexibility index (Phi) is 6.54. The maximum absolute atomic E-state index is 13.7. The topological polar surface area (TPSA) is 107 Å². The second-order valence-corrected chi connectivity index (χ2v) is 7.28. The van der Waals surface area contributed by atoms with Crippen molar-refractivity contribution in [2.75, 3.05) is 17.2 Å². The van der Waals surface area contributed by atoms with E-state index in [4.69, 9.17) is 0 Å². The molecule has 0 unspecified atom stereocenters. The van der Waals surface area contributed by atoms with E-state index in [1.165, 1.54) is 24.5 Å². The smallest absolute Gasteiger partial charge is 0.272 e. The van der Waals surface area contributed by atoms with Crippen LogP contribution in [-0.4, -0.2) is 38.7 Å². The van der Waals surface area contributed by atoms with E-state index in [0.717, 1.165) is 19.8 Å². The van der Waals surface area contributed by atoms with Crippen LogP contribution in [0.25, 0.3) is 0 Å². The summed E-state index contributed by atoms with van der Waals surface area (Å²) in [6, 6.07) is 5.08. The molecule has 1 fully saturated rings. The third-order valence-corrected chi connectivity index (χ3v) is 4.95. The van der Waals surface area contributed by atoms with Crippen LogP contribution < -0.4 is 10.6 Å². The van der Waals surface area contributed by atoms with Crippen LogP contribution in [0.4, 0.5) is 20.5 Å². The summed E-state index contributed by atoms with van der Waals surface area (Å²) < 4.78 is 27.4. The molecular weight excluding hydrogens is 378 g/mol. The van der Waals surface area contributed by atoms with Gasteiger partial charge in [-0.3, -0.25) is 4.98 Å². The Labute approximate surface area is 168 Å². The Morgan fingerprint density at radius 1 is 1.28 bits per heavy atom. The molecule has 3 rings (SSSR count). The van der Waals surface area contributed by atoms with Crippen molar-refractivity contribution < 1.29 is 13.9 Å². The van der Waals surface area contributed by atoms with Crippen LogP contribution in [0.15, 0.2) is 24.5 Å². The number of hydrogen-bond acceptors (Lipinski definition) is 7. The highest BCUT2D eigenvalue weighted by atomic mass is 19.3. The molecule has 0 bridgehead atoms. The zero-order chi connectivity index (χ0) is 20.9. The fraction of sp³-hybridized carbons (Fsp3) is 0.500. The van der Waals surface area contributed by atoms with Crippen molar-refractivity contribution in [1.82, 2.24) is 15.0 Å². The molecule has 9 heteroatoms. The predicted molar refractivity (Wildman–Crippen MR) is 105 cm³/mol. The van der Waals surface area contributed by atoms with Gasteiger partial charge in [-0.1, -0.05) is 0 Å². The number of anilines is 2. The number of halogens is 2. The van der Waals surface area contributed by atoms with Crippen molar-refractivity contribution in [3.05, 3.63) is 41.3 Å². The van der Waals surface area contributed by atoms with Gasteiger partial charge in [0.1, 0.15) is 17.5 Å². The molecule has 0 aromatic carbocycles. The largest absolute Gasteiger partial charge is 0.393 e. The summed E-state index contributed by atoms with van der Waals surface area (Å²) in [5.74, 6) is -2.22. The summed E-state index contributed by atoms with van der Waals surface area (Å²) in [5.41, 5.74) is 0.559. The van der Waals surface area contributed by atoms with Gasteiger partial charge in [-0.05, 0) is 37.8 Å². The quantitative estimate of drug-likeness (QED) is 0.653. The average Bonchev–Trinajstić information content (AvgIpc) is 2.70. The van der Waals surface area contributed by atoms with Crippen LogP contribution in [0.5, 0.6) is 0 Å². The van der Waals surface area contributed by atoms with Gasteiger partial charge in [-0.15, -0.1) is 0 Å².